The van der Waals surface area contributed by atoms with Gasteiger partial charge in [-0.05, 0) is 98.7 Å². The molecule has 4 atom stereocenters. The lowest BCUT2D eigenvalue weighted by Crippen LogP contribution is -2.53. The van der Waals surface area contributed by atoms with Crippen molar-refractivity contribution in [1.29, 1.82) is 0 Å². The van der Waals surface area contributed by atoms with Gasteiger partial charge in [0.15, 0.2) is 0 Å². The SMILES string of the molecule is CC1CCC(OC(=O)C(Br)C23CC4CC(CC(C4)C2)C3)C(C(C)C)C1. The van der Waals surface area contributed by atoms with Gasteiger partial charge in [-0.2, -0.15) is 0 Å². The topological polar surface area (TPSA) is 26.3 Å². The van der Waals surface area contributed by atoms with Crippen molar-refractivity contribution in [3.05, 3.63) is 0 Å². The number of hydrogen-bond acceptors (Lipinski definition) is 2. The highest BCUT2D eigenvalue weighted by Gasteiger charge is 2.56. The summed E-state index contributed by atoms with van der Waals surface area (Å²) in [5.74, 6) is 4.56. The molecule has 0 spiro atoms. The van der Waals surface area contributed by atoms with E-state index in [1.807, 2.05) is 0 Å². The van der Waals surface area contributed by atoms with Crippen LogP contribution in [0.1, 0.15) is 78.6 Å². The minimum absolute atomic E-state index is 0.0483. The molecule has 5 aliphatic carbocycles. The fraction of sp³-hybridized carbons (Fsp3) is 0.955. The molecule has 0 aromatic carbocycles. The molecule has 5 saturated carbocycles. The molecule has 2 nitrogen and oxygen atoms in total. The van der Waals surface area contributed by atoms with Crippen LogP contribution in [0.15, 0.2) is 0 Å². The van der Waals surface area contributed by atoms with Crippen LogP contribution in [0.3, 0.4) is 0 Å². The molecule has 0 heterocycles. The van der Waals surface area contributed by atoms with E-state index < -0.39 is 0 Å². The fourth-order valence-electron chi connectivity index (χ4n) is 7.19. The Balaban J connectivity index is 1.44. The molecule has 25 heavy (non-hydrogen) atoms. The van der Waals surface area contributed by atoms with Crippen LogP contribution in [0.4, 0.5) is 0 Å². The van der Waals surface area contributed by atoms with E-state index in [0.717, 1.165) is 30.1 Å². The molecule has 0 radical (unpaired) electrons. The number of alkyl halides is 1. The zero-order chi connectivity index (χ0) is 17.8. The van der Waals surface area contributed by atoms with Gasteiger partial charge in [0.2, 0.25) is 0 Å². The van der Waals surface area contributed by atoms with Gasteiger partial charge in [-0.3, -0.25) is 4.79 Å². The number of halogens is 1. The van der Waals surface area contributed by atoms with Crippen molar-refractivity contribution < 1.29 is 9.53 Å². The van der Waals surface area contributed by atoms with Gasteiger partial charge in [0.25, 0.3) is 0 Å². The molecular formula is C22H35BrO2. The van der Waals surface area contributed by atoms with E-state index in [2.05, 4.69) is 36.7 Å². The van der Waals surface area contributed by atoms with Crippen LogP contribution in [0.2, 0.25) is 0 Å². The molecule has 0 aromatic rings. The summed E-state index contributed by atoms with van der Waals surface area (Å²) in [4.78, 5) is 13.0. The molecule has 0 aromatic heterocycles. The average molecular weight is 411 g/mol. The molecule has 5 aliphatic rings. The first-order valence-corrected chi connectivity index (χ1v) is 11.6. The molecule has 5 fully saturated rings. The Morgan fingerprint density at radius 3 is 2.08 bits per heavy atom. The molecule has 3 heteroatoms. The van der Waals surface area contributed by atoms with Crippen LogP contribution in [0.5, 0.6) is 0 Å². The van der Waals surface area contributed by atoms with E-state index in [9.17, 15) is 4.79 Å². The quantitative estimate of drug-likeness (QED) is 0.421. The molecule has 0 amide bonds. The van der Waals surface area contributed by atoms with Gasteiger partial charge in [-0.15, -0.1) is 0 Å². The highest BCUT2D eigenvalue weighted by molar-refractivity contribution is 9.10. The first-order valence-electron chi connectivity index (χ1n) is 10.7. The Labute approximate surface area is 162 Å². The van der Waals surface area contributed by atoms with Gasteiger partial charge in [-0.1, -0.05) is 36.7 Å². The predicted molar refractivity (Wildman–Crippen MR) is 105 cm³/mol. The predicted octanol–water partition coefficient (Wildman–Crippen LogP) is 5.97. The lowest BCUT2D eigenvalue weighted by Gasteiger charge is -2.58. The Hall–Kier alpha value is -0.0500. The molecule has 0 N–H and O–H groups in total. The Morgan fingerprint density at radius 1 is 1.00 bits per heavy atom. The molecule has 0 aliphatic heterocycles. The molecular weight excluding hydrogens is 376 g/mol. The number of carbonyl (C=O) groups is 1. The van der Waals surface area contributed by atoms with Gasteiger partial charge in [0.05, 0.1) is 0 Å². The summed E-state index contributed by atoms with van der Waals surface area (Å²) in [6, 6.07) is 0. The van der Waals surface area contributed by atoms with Crippen molar-refractivity contribution in [3.63, 3.8) is 0 Å². The maximum absolute atomic E-state index is 13.1. The van der Waals surface area contributed by atoms with Gasteiger partial charge in [0.1, 0.15) is 10.9 Å². The van der Waals surface area contributed by atoms with E-state index in [1.165, 1.54) is 51.4 Å². The van der Waals surface area contributed by atoms with Crippen molar-refractivity contribution in [1.82, 2.24) is 0 Å². The first-order chi connectivity index (χ1) is 11.9. The van der Waals surface area contributed by atoms with Gasteiger partial charge < -0.3 is 4.74 Å². The van der Waals surface area contributed by atoms with Crippen molar-refractivity contribution in [2.24, 2.45) is 40.9 Å². The largest absolute Gasteiger partial charge is 0.461 e. The third-order valence-electron chi connectivity index (χ3n) is 8.05. The summed E-state index contributed by atoms with van der Waals surface area (Å²) in [6.45, 7) is 6.92. The number of hydrogen-bond donors (Lipinski definition) is 0. The number of carbonyl (C=O) groups excluding carboxylic acids is 1. The third kappa shape index (κ3) is 3.44. The van der Waals surface area contributed by atoms with Crippen LogP contribution < -0.4 is 0 Å². The molecule has 0 saturated heterocycles. The maximum Gasteiger partial charge on any atom is 0.320 e. The van der Waals surface area contributed by atoms with Crippen LogP contribution in [0.25, 0.3) is 0 Å². The zero-order valence-electron chi connectivity index (χ0n) is 16.2. The van der Waals surface area contributed by atoms with Crippen LogP contribution in [-0.2, 0) is 9.53 Å². The summed E-state index contributed by atoms with van der Waals surface area (Å²) in [6.07, 6.45) is 11.6. The van der Waals surface area contributed by atoms with Gasteiger partial charge >= 0.3 is 5.97 Å². The zero-order valence-corrected chi connectivity index (χ0v) is 17.8. The average Bonchev–Trinajstić information content (AvgIpc) is 2.54. The molecule has 5 rings (SSSR count). The first kappa shape index (κ1) is 18.3. The Kier molecular flexibility index (Phi) is 5.01. The standard InChI is InChI=1S/C22H35BrO2/c1-13(2)18-6-14(3)4-5-19(18)25-21(24)20(23)22-10-15-7-16(11-22)9-17(8-15)12-22/h13-20H,4-12H2,1-3H3. The molecule has 4 bridgehead atoms. The van der Waals surface area contributed by atoms with Gasteiger partial charge in [0, 0.05) is 0 Å². The van der Waals surface area contributed by atoms with E-state index in [-0.39, 0.29) is 22.3 Å². The summed E-state index contributed by atoms with van der Waals surface area (Å²) in [5.41, 5.74) is 0.196. The van der Waals surface area contributed by atoms with E-state index in [1.54, 1.807) is 0 Å². The lowest BCUT2D eigenvalue weighted by atomic mass is 9.49. The maximum atomic E-state index is 13.1. The monoisotopic (exact) mass is 410 g/mol. The van der Waals surface area contributed by atoms with Crippen LogP contribution in [0, 0.1) is 40.9 Å². The van der Waals surface area contributed by atoms with Crippen molar-refractivity contribution in [3.8, 4) is 0 Å². The second-order valence-corrected chi connectivity index (χ2v) is 11.4. The minimum atomic E-state index is -0.0828. The van der Waals surface area contributed by atoms with E-state index >= 15 is 0 Å². The third-order valence-corrected chi connectivity index (χ3v) is 9.40. The fourth-order valence-corrected chi connectivity index (χ4v) is 7.86. The van der Waals surface area contributed by atoms with E-state index in [4.69, 9.17) is 4.74 Å². The van der Waals surface area contributed by atoms with E-state index in [0.29, 0.717) is 11.8 Å². The highest BCUT2D eigenvalue weighted by Crippen LogP contribution is 2.62. The molecule has 142 valence electrons. The number of ether oxygens (including phenoxy) is 1. The molecule has 4 unspecified atom stereocenters. The summed E-state index contributed by atoms with van der Waals surface area (Å²) >= 11 is 3.85. The normalized spacial score (nSPS) is 47.1. The van der Waals surface area contributed by atoms with Crippen LogP contribution >= 0.6 is 15.9 Å². The minimum Gasteiger partial charge on any atom is -0.461 e. The summed E-state index contributed by atoms with van der Waals surface area (Å²) in [5, 5.41) is 0. The second kappa shape index (κ2) is 6.84. The van der Waals surface area contributed by atoms with Crippen molar-refractivity contribution >= 4 is 21.9 Å². The number of rotatable bonds is 4. The van der Waals surface area contributed by atoms with Crippen molar-refractivity contribution in [2.75, 3.05) is 0 Å². The Bertz CT molecular complexity index is 479. The van der Waals surface area contributed by atoms with Crippen molar-refractivity contribution in [2.45, 2.75) is 89.5 Å². The smallest absolute Gasteiger partial charge is 0.320 e. The van der Waals surface area contributed by atoms with Gasteiger partial charge in [-0.25, -0.2) is 0 Å². The lowest BCUT2D eigenvalue weighted by molar-refractivity contribution is -0.161. The summed E-state index contributed by atoms with van der Waals surface area (Å²) < 4.78 is 6.18. The number of esters is 1. The summed E-state index contributed by atoms with van der Waals surface area (Å²) in [7, 11) is 0. The highest BCUT2D eigenvalue weighted by atomic mass is 79.9. The second-order valence-electron chi connectivity index (χ2n) is 10.4. The van der Waals surface area contributed by atoms with Crippen LogP contribution in [-0.4, -0.2) is 16.9 Å². The Morgan fingerprint density at radius 2 is 1.56 bits per heavy atom.